The summed E-state index contributed by atoms with van der Waals surface area (Å²) in [6.07, 6.45) is 9.39. The van der Waals surface area contributed by atoms with Gasteiger partial charge in [-0.25, -0.2) is 13.6 Å². The molecule has 2 saturated carbocycles. The number of hydrogen-bond acceptors (Lipinski definition) is 6. The number of thiophene rings is 1. The van der Waals surface area contributed by atoms with Crippen LogP contribution in [0.5, 0.6) is 0 Å². The minimum Gasteiger partial charge on any atom is -0.366 e. The van der Waals surface area contributed by atoms with Crippen LogP contribution in [0.15, 0.2) is 52.3 Å². The normalized spacial score (nSPS) is 22.5. The van der Waals surface area contributed by atoms with E-state index in [2.05, 4.69) is 27.3 Å². The molecule has 8 rings (SSSR count). The van der Waals surface area contributed by atoms with Gasteiger partial charge in [0.15, 0.2) is 0 Å². The van der Waals surface area contributed by atoms with E-state index in [1.807, 2.05) is 12.1 Å². The minimum atomic E-state index is -2.76. The van der Waals surface area contributed by atoms with Crippen LogP contribution in [0, 0.1) is 0 Å². The van der Waals surface area contributed by atoms with Crippen molar-refractivity contribution in [2.45, 2.75) is 81.5 Å². The van der Waals surface area contributed by atoms with Gasteiger partial charge in [0, 0.05) is 88.7 Å². The van der Waals surface area contributed by atoms with E-state index >= 15 is 0 Å². The molecule has 7 nitrogen and oxygen atoms in total. The van der Waals surface area contributed by atoms with Crippen LogP contribution < -0.4 is 21.5 Å². The standard InChI is InChI=1S/C32H32ClF2N5O2S/c33-20-11-19-3-1-9-38(22-14-31(37-17-22)6-2-7-31)28(19)25(12-20)24-4-8-36-26-13-23(43-29(24)26)18-40-27(41)5-10-39(30(40)42)21-15-32(34,35)16-21/h4-5,8,10-13,21-22,37H,1-3,6-7,9,14-18H2/t22-/m0/s1. The quantitative estimate of drug-likeness (QED) is 0.296. The van der Waals surface area contributed by atoms with Crippen molar-refractivity contribution < 1.29 is 8.78 Å². The summed E-state index contributed by atoms with van der Waals surface area (Å²) in [6, 6.07) is 9.22. The van der Waals surface area contributed by atoms with Gasteiger partial charge in [0.05, 0.1) is 16.8 Å². The van der Waals surface area contributed by atoms with Gasteiger partial charge in [0.2, 0.25) is 0 Å². The van der Waals surface area contributed by atoms with E-state index in [0.717, 1.165) is 63.1 Å². The van der Waals surface area contributed by atoms with Gasteiger partial charge < -0.3 is 10.2 Å². The molecule has 1 aromatic carbocycles. The van der Waals surface area contributed by atoms with Crippen LogP contribution in [0.2, 0.25) is 5.02 Å². The molecule has 2 aliphatic carbocycles. The van der Waals surface area contributed by atoms with E-state index in [-0.39, 0.29) is 19.4 Å². The highest BCUT2D eigenvalue weighted by molar-refractivity contribution is 7.19. The molecule has 1 N–H and O–H groups in total. The molecule has 1 spiro atoms. The lowest BCUT2D eigenvalue weighted by atomic mass is 9.75. The molecular weight excluding hydrogens is 592 g/mol. The van der Waals surface area contributed by atoms with E-state index in [9.17, 15) is 18.4 Å². The highest BCUT2D eigenvalue weighted by Crippen LogP contribution is 2.47. The van der Waals surface area contributed by atoms with Crippen molar-refractivity contribution in [3.8, 4) is 11.1 Å². The number of aryl methyl sites for hydroxylation is 1. The summed E-state index contributed by atoms with van der Waals surface area (Å²) < 4.78 is 30.4. The molecule has 0 bridgehead atoms. The molecular formula is C32H32ClF2N5O2S. The van der Waals surface area contributed by atoms with Gasteiger partial charge in [-0.15, -0.1) is 11.3 Å². The summed E-state index contributed by atoms with van der Waals surface area (Å²) in [5, 5.41) is 4.54. The van der Waals surface area contributed by atoms with Gasteiger partial charge >= 0.3 is 5.69 Å². The number of benzene rings is 1. The Bertz CT molecular complexity index is 1870. The van der Waals surface area contributed by atoms with E-state index in [4.69, 9.17) is 11.6 Å². The lowest BCUT2D eigenvalue weighted by Crippen LogP contribution is -2.46. The number of hydrogen-bond donors (Lipinski definition) is 1. The average Bonchev–Trinajstić information content (AvgIpc) is 3.58. The third kappa shape index (κ3) is 4.64. The maximum Gasteiger partial charge on any atom is 0.331 e. The molecule has 1 atom stereocenters. The second kappa shape index (κ2) is 9.97. The molecule has 3 aromatic heterocycles. The van der Waals surface area contributed by atoms with Gasteiger partial charge in [-0.1, -0.05) is 11.6 Å². The zero-order valence-electron chi connectivity index (χ0n) is 23.6. The number of anilines is 1. The predicted octanol–water partition coefficient (Wildman–Crippen LogP) is 6.00. The van der Waals surface area contributed by atoms with Crippen molar-refractivity contribution in [1.29, 1.82) is 0 Å². The van der Waals surface area contributed by atoms with Crippen LogP contribution in [0.25, 0.3) is 21.3 Å². The Morgan fingerprint density at radius 2 is 1.88 bits per heavy atom. The van der Waals surface area contributed by atoms with Gasteiger partial charge in [-0.3, -0.25) is 18.9 Å². The highest BCUT2D eigenvalue weighted by Gasteiger charge is 2.47. The number of fused-ring (bicyclic) bond motifs is 2. The van der Waals surface area contributed by atoms with Crippen molar-refractivity contribution in [1.82, 2.24) is 19.4 Å². The van der Waals surface area contributed by atoms with E-state index in [0.29, 0.717) is 16.6 Å². The molecule has 0 unspecified atom stereocenters. The molecule has 5 heterocycles. The first-order valence-corrected chi connectivity index (χ1v) is 16.3. The molecule has 2 aliphatic heterocycles. The Balaban J connectivity index is 1.17. The Morgan fingerprint density at radius 3 is 2.63 bits per heavy atom. The third-order valence-electron chi connectivity index (χ3n) is 10.0. The van der Waals surface area contributed by atoms with E-state index < -0.39 is 23.2 Å². The van der Waals surface area contributed by atoms with Gasteiger partial charge in [-0.2, -0.15) is 0 Å². The summed E-state index contributed by atoms with van der Waals surface area (Å²) in [5.41, 5.74) is 4.71. The Labute approximate surface area is 256 Å². The van der Waals surface area contributed by atoms with E-state index in [1.54, 1.807) is 6.20 Å². The number of alkyl halides is 2. The number of rotatable bonds is 5. The fourth-order valence-corrected chi connectivity index (χ4v) is 9.03. The smallest absolute Gasteiger partial charge is 0.331 e. The van der Waals surface area contributed by atoms with Gasteiger partial charge in [-0.05, 0) is 68.4 Å². The van der Waals surface area contributed by atoms with Crippen molar-refractivity contribution in [3.05, 3.63) is 79.0 Å². The summed E-state index contributed by atoms with van der Waals surface area (Å²) in [6.45, 7) is 2.04. The maximum atomic E-state index is 13.5. The van der Waals surface area contributed by atoms with Crippen LogP contribution in [0.4, 0.5) is 14.5 Å². The molecule has 4 aromatic rings. The zero-order valence-corrected chi connectivity index (χ0v) is 25.2. The van der Waals surface area contributed by atoms with Crippen molar-refractivity contribution in [2.24, 2.45) is 0 Å². The summed E-state index contributed by atoms with van der Waals surface area (Å²) >= 11 is 8.23. The number of aromatic nitrogens is 3. The highest BCUT2D eigenvalue weighted by atomic mass is 35.5. The van der Waals surface area contributed by atoms with Crippen LogP contribution in [-0.4, -0.2) is 44.7 Å². The van der Waals surface area contributed by atoms with Crippen molar-refractivity contribution in [3.63, 3.8) is 0 Å². The lowest BCUT2D eigenvalue weighted by molar-refractivity contribution is -0.105. The van der Waals surface area contributed by atoms with Gasteiger partial charge in [0.1, 0.15) is 0 Å². The monoisotopic (exact) mass is 623 g/mol. The second-order valence-electron chi connectivity index (χ2n) is 12.8. The SMILES string of the molecule is O=c1ccn(C2CC(F)(F)C2)c(=O)n1Cc1cc2nccc(-c3cc(Cl)cc4c3N([C@@H]3CNC5(CCC5)C3)CCC4)c2s1. The molecule has 1 saturated heterocycles. The largest absolute Gasteiger partial charge is 0.366 e. The molecule has 4 aliphatic rings. The van der Waals surface area contributed by atoms with Crippen LogP contribution in [-0.2, 0) is 13.0 Å². The molecule has 43 heavy (non-hydrogen) atoms. The number of nitrogens with one attached hydrogen (secondary N) is 1. The Kier molecular flexibility index (Phi) is 6.37. The molecule has 0 radical (unpaired) electrons. The summed E-state index contributed by atoms with van der Waals surface area (Å²) in [5.74, 6) is -2.76. The van der Waals surface area contributed by atoms with E-state index in [1.165, 1.54) is 58.7 Å². The second-order valence-corrected chi connectivity index (χ2v) is 14.3. The molecule has 0 amide bonds. The first-order chi connectivity index (χ1) is 20.7. The first-order valence-electron chi connectivity index (χ1n) is 15.1. The number of nitrogens with zero attached hydrogens (tertiary/aromatic N) is 4. The molecule has 11 heteroatoms. The van der Waals surface area contributed by atoms with Crippen molar-refractivity contribution >= 4 is 38.8 Å². The Morgan fingerprint density at radius 1 is 1.05 bits per heavy atom. The average molecular weight is 624 g/mol. The minimum absolute atomic E-state index is 0.0533. The van der Waals surface area contributed by atoms with Crippen LogP contribution in [0.3, 0.4) is 0 Å². The molecule has 224 valence electrons. The number of halogens is 3. The summed E-state index contributed by atoms with van der Waals surface area (Å²) in [7, 11) is 0. The number of pyridine rings is 1. The van der Waals surface area contributed by atoms with Gasteiger partial charge in [0.25, 0.3) is 11.5 Å². The van der Waals surface area contributed by atoms with Crippen LogP contribution >= 0.6 is 22.9 Å². The fraction of sp³-hybridized carbons (Fsp3) is 0.469. The third-order valence-corrected chi connectivity index (χ3v) is 11.4. The van der Waals surface area contributed by atoms with Crippen molar-refractivity contribution in [2.75, 3.05) is 18.0 Å². The predicted molar refractivity (Wildman–Crippen MR) is 166 cm³/mol. The van der Waals surface area contributed by atoms with Crippen LogP contribution in [0.1, 0.15) is 61.4 Å². The lowest BCUT2D eigenvalue weighted by Gasteiger charge is -2.41. The molecule has 3 fully saturated rings. The fourth-order valence-electron chi connectivity index (χ4n) is 7.66. The maximum absolute atomic E-state index is 13.5. The summed E-state index contributed by atoms with van der Waals surface area (Å²) in [4.78, 5) is 34.0. The first kappa shape index (κ1) is 27.5. The topological polar surface area (TPSA) is 72.2 Å². The zero-order chi connectivity index (χ0) is 29.5. The Hall–Kier alpha value is -3.08.